The number of nitrogens with zero attached hydrogens (tertiary/aromatic N) is 3. The standard InChI is InChI=1S/C21H22N4O2/c1-3-24(14-17-7-5-4-6-8-17)15-18(13-22)21(27)25(16(2)26)20-11-9-19(23)10-12-20/h4-12,15H,3,14,23H2,1-2H3/b18-15-. The van der Waals surface area contributed by atoms with Gasteiger partial charge in [0.15, 0.2) is 0 Å². The van der Waals surface area contributed by atoms with Crippen LogP contribution < -0.4 is 10.6 Å². The fourth-order valence-corrected chi connectivity index (χ4v) is 2.57. The van der Waals surface area contributed by atoms with Crippen LogP contribution in [0.5, 0.6) is 0 Å². The third kappa shape index (κ3) is 5.19. The van der Waals surface area contributed by atoms with Crippen LogP contribution in [0.3, 0.4) is 0 Å². The van der Waals surface area contributed by atoms with Gasteiger partial charge in [-0.05, 0) is 36.8 Å². The smallest absolute Gasteiger partial charge is 0.277 e. The molecule has 138 valence electrons. The average molecular weight is 362 g/mol. The van der Waals surface area contributed by atoms with E-state index in [0.29, 0.717) is 24.5 Å². The Morgan fingerprint density at radius 1 is 1.11 bits per heavy atom. The summed E-state index contributed by atoms with van der Waals surface area (Å²) in [5, 5.41) is 9.50. The van der Waals surface area contributed by atoms with Gasteiger partial charge in [0.25, 0.3) is 5.91 Å². The van der Waals surface area contributed by atoms with Crippen molar-refractivity contribution in [1.29, 1.82) is 5.26 Å². The third-order valence-electron chi connectivity index (χ3n) is 3.97. The van der Waals surface area contributed by atoms with E-state index in [0.717, 1.165) is 10.5 Å². The Kier molecular flexibility index (Phi) is 6.73. The van der Waals surface area contributed by atoms with Gasteiger partial charge in [-0.1, -0.05) is 30.3 Å². The summed E-state index contributed by atoms with van der Waals surface area (Å²) < 4.78 is 0. The molecule has 0 fully saturated rings. The topological polar surface area (TPSA) is 90.4 Å². The van der Waals surface area contributed by atoms with Crippen LogP contribution in [0.25, 0.3) is 0 Å². The minimum absolute atomic E-state index is 0.111. The fraction of sp³-hybridized carbons (Fsp3) is 0.190. The second kappa shape index (κ2) is 9.20. The summed E-state index contributed by atoms with van der Waals surface area (Å²) in [5.41, 5.74) is 7.50. The van der Waals surface area contributed by atoms with Gasteiger partial charge in [-0.2, -0.15) is 5.26 Å². The SMILES string of the molecule is CCN(/C=C(/C#N)C(=O)N(C(C)=O)c1ccc(N)cc1)Cc1ccccc1. The number of nitrogens with two attached hydrogens (primary N) is 1. The van der Waals surface area contributed by atoms with Crippen molar-refractivity contribution in [2.45, 2.75) is 20.4 Å². The van der Waals surface area contributed by atoms with Crippen LogP contribution >= 0.6 is 0 Å². The molecule has 0 bridgehead atoms. The summed E-state index contributed by atoms with van der Waals surface area (Å²) in [6, 6.07) is 18.0. The molecule has 0 aliphatic heterocycles. The van der Waals surface area contributed by atoms with Crippen LogP contribution in [0.2, 0.25) is 0 Å². The van der Waals surface area contributed by atoms with Crippen molar-refractivity contribution in [2.24, 2.45) is 0 Å². The molecular weight excluding hydrogens is 340 g/mol. The lowest BCUT2D eigenvalue weighted by Crippen LogP contribution is -2.36. The zero-order chi connectivity index (χ0) is 19.8. The Bertz CT molecular complexity index is 867. The predicted molar refractivity (Wildman–Crippen MR) is 105 cm³/mol. The highest BCUT2D eigenvalue weighted by Crippen LogP contribution is 2.19. The van der Waals surface area contributed by atoms with E-state index in [2.05, 4.69) is 0 Å². The maximum Gasteiger partial charge on any atom is 0.277 e. The van der Waals surface area contributed by atoms with Crippen LogP contribution in [-0.2, 0) is 16.1 Å². The molecule has 0 heterocycles. The van der Waals surface area contributed by atoms with Crippen LogP contribution in [0, 0.1) is 11.3 Å². The van der Waals surface area contributed by atoms with Crippen LogP contribution in [-0.4, -0.2) is 23.3 Å². The summed E-state index contributed by atoms with van der Waals surface area (Å²) in [4.78, 5) is 27.8. The van der Waals surface area contributed by atoms with E-state index < -0.39 is 11.8 Å². The molecule has 0 aliphatic rings. The van der Waals surface area contributed by atoms with Crippen LogP contribution in [0.1, 0.15) is 19.4 Å². The highest BCUT2D eigenvalue weighted by atomic mass is 16.2. The van der Waals surface area contributed by atoms with Crippen molar-refractivity contribution in [3.05, 3.63) is 71.9 Å². The van der Waals surface area contributed by atoms with Crippen molar-refractivity contribution in [1.82, 2.24) is 4.90 Å². The van der Waals surface area contributed by atoms with Crippen molar-refractivity contribution >= 4 is 23.2 Å². The highest BCUT2D eigenvalue weighted by Gasteiger charge is 2.24. The number of amides is 2. The van der Waals surface area contributed by atoms with Crippen LogP contribution in [0.4, 0.5) is 11.4 Å². The lowest BCUT2D eigenvalue weighted by Gasteiger charge is -2.22. The summed E-state index contributed by atoms with van der Waals surface area (Å²) >= 11 is 0. The van der Waals surface area contributed by atoms with Crippen molar-refractivity contribution in [3.63, 3.8) is 0 Å². The molecule has 2 aromatic rings. The second-order valence-electron chi connectivity index (χ2n) is 5.95. The molecule has 0 spiro atoms. The molecule has 0 saturated heterocycles. The van der Waals surface area contributed by atoms with Gasteiger partial charge < -0.3 is 10.6 Å². The first-order chi connectivity index (χ1) is 13.0. The van der Waals surface area contributed by atoms with Crippen molar-refractivity contribution < 1.29 is 9.59 Å². The maximum atomic E-state index is 12.9. The fourth-order valence-electron chi connectivity index (χ4n) is 2.57. The molecule has 2 amide bonds. The molecule has 27 heavy (non-hydrogen) atoms. The normalized spacial score (nSPS) is 10.8. The monoisotopic (exact) mass is 362 g/mol. The number of carbonyl (C=O) groups is 2. The van der Waals surface area contributed by atoms with E-state index in [9.17, 15) is 14.9 Å². The number of nitriles is 1. The predicted octanol–water partition coefficient (Wildman–Crippen LogP) is 3.08. The van der Waals surface area contributed by atoms with Gasteiger partial charge >= 0.3 is 0 Å². The van der Waals surface area contributed by atoms with E-state index in [-0.39, 0.29) is 5.57 Å². The first kappa shape index (κ1) is 19.7. The Hall–Kier alpha value is -3.59. The first-order valence-electron chi connectivity index (χ1n) is 8.56. The quantitative estimate of drug-likeness (QED) is 0.484. The van der Waals surface area contributed by atoms with Gasteiger partial charge in [-0.15, -0.1) is 0 Å². The second-order valence-corrected chi connectivity index (χ2v) is 5.95. The van der Waals surface area contributed by atoms with E-state index in [1.807, 2.05) is 48.2 Å². The van der Waals surface area contributed by atoms with E-state index in [1.165, 1.54) is 13.1 Å². The number of nitrogen functional groups attached to an aromatic ring is 1. The van der Waals surface area contributed by atoms with E-state index in [1.54, 1.807) is 24.3 Å². The summed E-state index contributed by atoms with van der Waals surface area (Å²) in [6.07, 6.45) is 1.50. The first-order valence-corrected chi connectivity index (χ1v) is 8.56. The number of carbonyl (C=O) groups excluding carboxylic acids is 2. The zero-order valence-corrected chi connectivity index (χ0v) is 15.4. The number of imide groups is 1. The summed E-state index contributed by atoms with van der Waals surface area (Å²) in [6.45, 7) is 4.37. The van der Waals surface area contributed by atoms with Gasteiger partial charge in [0, 0.05) is 31.9 Å². The molecule has 0 aromatic heterocycles. The third-order valence-corrected chi connectivity index (χ3v) is 3.97. The van der Waals surface area contributed by atoms with Gasteiger partial charge in [0.2, 0.25) is 5.91 Å². The largest absolute Gasteiger partial charge is 0.399 e. The molecule has 0 unspecified atom stereocenters. The number of hydrogen-bond acceptors (Lipinski definition) is 5. The number of rotatable bonds is 6. The molecule has 6 nitrogen and oxygen atoms in total. The molecule has 2 aromatic carbocycles. The summed E-state index contributed by atoms with van der Waals surface area (Å²) in [5.74, 6) is -1.14. The minimum Gasteiger partial charge on any atom is -0.399 e. The number of hydrogen-bond donors (Lipinski definition) is 1. The molecule has 0 atom stereocenters. The lowest BCUT2D eigenvalue weighted by atomic mass is 10.2. The average Bonchev–Trinajstić information content (AvgIpc) is 2.67. The van der Waals surface area contributed by atoms with Gasteiger partial charge in [-0.25, -0.2) is 4.90 Å². The summed E-state index contributed by atoms with van der Waals surface area (Å²) in [7, 11) is 0. The molecule has 0 aliphatic carbocycles. The molecule has 0 radical (unpaired) electrons. The minimum atomic E-state index is -0.665. The number of benzene rings is 2. The van der Waals surface area contributed by atoms with Gasteiger partial charge in [0.1, 0.15) is 11.6 Å². The molecule has 2 N–H and O–H groups in total. The molecule has 2 rings (SSSR count). The molecule has 0 saturated carbocycles. The molecular formula is C21H22N4O2. The zero-order valence-electron chi connectivity index (χ0n) is 15.4. The van der Waals surface area contributed by atoms with Gasteiger partial charge in [0.05, 0.1) is 5.69 Å². The van der Waals surface area contributed by atoms with E-state index in [4.69, 9.17) is 5.73 Å². The van der Waals surface area contributed by atoms with Crippen LogP contribution in [0.15, 0.2) is 66.4 Å². The highest BCUT2D eigenvalue weighted by molar-refractivity contribution is 6.21. The Balaban J connectivity index is 2.30. The van der Waals surface area contributed by atoms with Crippen molar-refractivity contribution in [2.75, 3.05) is 17.2 Å². The number of anilines is 2. The molecule has 6 heteroatoms. The Labute approximate surface area is 159 Å². The maximum absolute atomic E-state index is 12.9. The lowest BCUT2D eigenvalue weighted by molar-refractivity contribution is -0.123. The Morgan fingerprint density at radius 3 is 2.26 bits per heavy atom. The Morgan fingerprint density at radius 2 is 1.74 bits per heavy atom. The van der Waals surface area contributed by atoms with E-state index >= 15 is 0 Å². The van der Waals surface area contributed by atoms with Crippen molar-refractivity contribution in [3.8, 4) is 6.07 Å². The van der Waals surface area contributed by atoms with Gasteiger partial charge in [-0.3, -0.25) is 9.59 Å².